The number of methoxy groups -OCH3 is 1. The van der Waals surface area contributed by atoms with Crippen LogP contribution in [-0.4, -0.2) is 39.4 Å². The van der Waals surface area contributed by atoms with Crippen molar-refractivity contribution in [1.29, 1.82) is 0 Å². The first kappa shape index (κ1) is 13.4. The minimum Gasteiger partial charge on any atom is -0.481 e. The second kappa shape index (κ2) is 6.19. The number of hydrogen-bond acceptors (Lipinski definition) is 6. The van der Waals surface area contributed by atoms with Crippen molar-refractivity contribution in [3.8, 4) is 0 Å². The van der Waals surface area contributed by atoms with Crippen molar-refractivity contribution in [2.45, 2.75) is 23.6 Å². The molecule has 1 rings (SSSR count). The number of nitrogens with zero attached hydrogens (tertiary/aromatic N) is 2. The van der Waals surface area contributed by atoms with Crippen molar-refractivity contribution >= 4 is 23.7 Å². The number of thioether (sulfide) groups is 1. The van der Waals surface area contributed by atoms with E-state index in [9.17, 15) is 9.59 Å². The molecule has 0 aliphatic carbocycles. The topological polar surface area (TPSA) is 89.4 Å². The van der Waals surface area contributed by atoms with E-state index in [1.54, 1.807) is 13.0 Å². The maximum Gasteiger partial charge on any atom is 0.376 e. The van der Waals surface area contributed by atoms with Gasteiger partial charge in [-0.05, 0) is 6.07 Å². The smallest absolute Gasteiger partial charge is 0.376 e. The molecule has 7 heteroatoms. The summed E-state index contributed by atoms with van der Waals surface area (Å²) < 4.78 is 4.49. The third-order valence-electron chi connectivity index (χ3n) is 1.78. The normalized spacial score (nSPS) is 11.9. The molecule has 17 heavy (non-hydrogen) atoms. The van der Waals surface area contributed by atoms with Gasteiger partial charge in [0, 0.05) is 11.4 Å². The summed E-state index contributed by atoms with van der Waals surface area (Å²) >= 11 is 1.27. The van der Waals surface area contributed by atoms with Crippen LogP contribution in [0.2, 0.25) is 0 Å². The van der Waals surface area contributed by atoms with Gasteiger partial charge in [-0.3, -0.25) is 4.79 Å². The molecular formula is C10H12N2O4S. The molecule has 6 nitrogen and oxygen atoms in total. The summed E-state index contributed by atoms with van der Waals surface area (Å²) in [6.07, 6.45) is 1.47. The van der Waals surface area contributed by atoms with Crippen LogP contribution < -0.4 is 0 Å². The lowest BCUT2D eigenvalue weighted by Gasteiger charge is -2.07. The molecule has 1 aromatic heterocycles. The standard InChI is InChI=1S/C10H12N2O4S/c1-6(5-8(13)14)17-7-3-4-11-9(12-7)10(15)16-2/h3-4,6H,5H2,1-2H3,(H,13,14). The molecular weight excluding hydrogens is 244 g/mol. The van der Waals surface area contributed by atoms with Crippen LogP contribution in [0.25, 0.3) is 0 Å². The molecule has 0 aromatic carbocycles. The highest BCUT2D eigenvalue weighted by atomic mass is 32.2. The Morgan fingerprint density at radius 1 is 1.59 bits per heavy atom. The van der Waals surface area contributed by atoms with Crippen LogP contribution in [0, 0.1) is 0 Å². The summed E-state index contributed by atoms with van der Waals surface area (Å²) in [5, 5.41) is 9.04. The van der Waals surface area contributed by atoms with Crippen LogP contribution in [0.15, 0.2) is 17.3 Å². The Labute approximate surface area is 102 Å². The minimum absolute atomic E-state index is 0.0278. The maximum absolute atomic E-state index is 11.2. The largest absolute Gasteiger partial charge is 0.481 e. The minimum atomic E-state index is -0.868. The number of carbonyl (C=O) groups is 2. The number of hydrogen-bond donors (Lipinski definition) is 1. The average molecular weight is 256 g/mol. The van der Waals surface area contributed by atoms with Gasteiger partial charge in [-0.15, -0.1) is 11.8 Å². The SMILES string of the molecule is COC(=O)c1nccc(SC(C)CC(=O)O)n1. The Morgan fingerprint density at radius 2 is 2.29 bits per heavy atom. The summed E-state index contributed by atoms with van der Waals surface area (Å²) in [5.41, 5.74) is 0. The second-order valence-electron chi connectivity index (χ2n) is 3.24. The lowest BCUT2D eigenvalue weighted by atomic mass is 10.3. The third kappa shape index (κ3) is 4.39. The number of ether oxygens (including phenoxy) is 1. The fourth-order valence-electron chi connectivity index (χ4n) is 1.09. The molecule has 1 aromatic rings. The van der Waals surface area contributed by atoms with Crippen LogP contribution in [0.5, 0.6) is 0 Å². The third-order valence-corrected chi connectivity index (χ3v) is 2.82. The predicted molar refractivity (Wildman–Crippen MR) is 60.9 cm³/mol. The van der Waals surface area contributed by atoms with Crippen LogP contribution in [0.3, 0.4) is 0 Å². The molecule has 0 bridgehead atoms. The first-order valence-electron chi connectivity index (χ1n) is 4.82. The van der Waals surface area contributed by atoms with Crippen molar-refractivity contribution in [1.82, 2.24) is 9.97 Å². The van der Waals surface area contributed by atoms with Gasteiger partial charge in [0.25, 0.3) is 0 Å². The summed E-state index contributed by atoms with van der Waals surface area (Å²) in [6.45, 7) is 1.78. The number of carboxylic acids is 1. The Kier molecular flexibility index (Phi) is 4.89. The molecule has 0 aliphatic rings. The zero-order valence-corrected chi connectivity index (χ0v) is 10.2. The van der Waals surface area contributed by atoms with Crippen LogP contribution in [0.4, 0.5) is 0 Å². The highest BCUT2D eigenvalue weighted by Gasteiger charge is 2.13. The highest BCUT2D eigenvalue weighted by Crippen LogP contribution is 2.22. The van der Waals surface area contributed by atoms with Gasteiger partial charge in [-0.25, -0.2) is 14.8 Å². The molecule has 0 spiro atoms. The molecule has 0 aliphatic heterocycles. The van der Waals surface area contributed by atoms with E-state index in [0.717, 1.165) is 0 Å². The van der Waals surface area contributed by atoms with Crippen LogP contribution >= 0.6 is 11.8 Å². The van der Waals surface area contributed by atoms with E-state index in [4.69, 9.17) is 5.11 Å². The average Bonchev–Trinajstić information content (AvgIpc) is 2.27. The summed E-state index contributed by atoms with van der Waals surface area (Å²) in [6, 6.07) is 1.62. The molecule has 1 unspecified atom stereocenters. The molecule has 0 radical (unpaired) electrons. The summed E-state index contributed by atoms with van der Waals surface area (Å²) in [5.74, 6) is -1.51. The quantitative estimate of drug-likeness (QED) is 0.481. The van der Waals surface area contributed by atoms with E-state index < -0.39 is 11.9 Å². The Balaban J connectivity index is 2.72. The fraction of sp³-hybridized carbons (Fsp3) is 0.400. The van der Waals surface area contributed by atoms with Crippen molar-refractivity contribution in [3.05, 3.63) is 18.1 Å². The van der Waals surface area contributed by atoms with E-state index in [1.807, 2.05) is 0 Å². The van der Waals surface area contributed by atoms with Crippen molar-refractivity contribution in [3.63, 3.8) is 0 Å². The van der Waals surface area contributed by atoms with Gasteiger partial charge >= 0.3 is 11.9 Å². The lowest BCUT2D eigenvalue weighted by Crippen LogP contribution is -2.09. The molecule has 92 valence electrons. The van der Waals surface area contributed by atoms with Gasteiger partial charge in [0.05, 0.1) is 13.5 Å². The number of carbonyl (C=O) groups excluding carboxylic acids is 1. The number of esters is 1. The number of aliphatic carboxylic acids is 1. The zero-order chi connectivity index (χ0) is 12.8. The predicted octanol–water partition coefficient (Wildman–Crippen LogP) is 1.22. The Morgan fingerprint density at radius 3 is 2.88 bits per heavy atom. The lowest BCUT2D eigenvalue weighted by molar-refractivity contribution is -0.136. The molecule has 0 fully saturated rings. The highest BCUT2D eigenvalue weighted by molar-refractivity contribution is 7.99. The van der Waals surface area contributed by atoms with E-state index in [1.165, 1.54) is 25.1 Å². The van der Waals surface area contributed by atoms with E-state index in [0.29, 0.717) is 5.03 Å². The molecule has 0 amide bonds. The summed E-state index contributed by atoms with van der Waals surface area (Å²) in [7, 11) is 1.25. The van der Waals surface area contributed by atoms with Crippen molar-refractivity contribution in [2.24, 2.45) is 0 Å². The van der Waals surface area contributed by atoms with Crippen LogP contribution in [-0.2, 0) is 9.53 Å². The molecule has 0 saturated heterocycles. The van der Waals surface area contributed by atoms with Gasteiger partial charge in [-0.2, -0.15) is 0 Å². The number of carboxylic acid groups (broad SMARTS) is 1. The maximum atomic E-state index is 11.2. The summed E-state index contributed by atoms with van der Waals surface area (Å²) in [4.78, 5) is 29.4. The monoisotopic (exact) mass is 256 g/mol. The van der Waals surface area contributed by atoms with Gasteiger partial charge in [0.1, 0.15) is 5.03 Å². The first-order chi connectivity index (χ1) is 8.02. The molecule has 0 saturated carbocycles. The number of rotatable bonds is 5. The van der Waals surface area contributed by atoms with Crippen molar-refractivity contribution < 1.29 is 19.4 Å². The van der Waals surface area contributed by atoms with Gasteiger partial charge in [-0.1, -0.05) is 6.92 Å². The van der Waals surface area contributed by atoms with E-state index in [2.05, 4.69) is 14.7 Å². The second-order valence-corrected chi connectivity index (χ2v) is 4.70. The Bertz CT molecular complexity index is 425. The zero-order valence-electron chi connectivity index (χ0n) is 9.41. The van der Waals surface area contributed by atoms with Crippen LogP contribution in [0.1, 0.15) is 24.0 Å². The first-order valence-corrected chi connectivity index (χ1v) is 5.70. The van der Waals surface area contributed by atoms with E-state index in [-0.39, 0.29) is 17.5 Å². The van der Waals surface area contributed by atoms with Crippen molar-refractivity contribution in [2.75, 3.05) is 7.11 Å². The fourth-order valence-corrected chi connectivity index (χ4v) is 2.01. The molecule has 1 atom stereocenters. The Hall–Kier alpha value is -1.63. The van der Waals surface area contributed by atoms with Gasteiger partial charge in [0.2, 0.25) is 5.82 Å². The number of aromatic nitrogens is 2. The van der Waals surface area contributed by atoms with Gasteiger partial charge < -0.3 is 9.84 Å². The van der Waals surface area contributed by atoms with Gasteiger partial charge in [0.15, 0.2) is 0 Å². The van der Waals surface area contributed by atoms with E-state index >= 15 is 0 Å². The molecule has 1 heterocycles. The molecule has 1 N–H and O–H groups in total.